The van der Waals surface area contributed by atoms with Crippen LogP contribution in [0.5, 0.6) is 23.0 Å². The molecule has 1 aliphatic heterocycles. The van der Waals surface area contributed by atoms with Crippen molar-refractivity contribution >= 4 is 29.3 Å². The molecule has 0 bridgehead atoms. The Balaban J connectivity index is 1.52. The molecule has 0 unspecified atom stereocenters. The normalized spacial score (nSPS) is 12.4. The van der Waals surface area contributed by atoms with Crippen LogP contribution >= 0.6 is 11.8 Å². The number of rotatable bonds is 11. The number of aryl methyl sites for hydroxylation is 2. The number of aromatic nitrogens is 3. The van der Waals surface area contributed by atoms with Gasteiger partial charge in [0.25, 0.3) is 5.91 Å². The summed E-state index contributed by atoms with van der Waals surface area (Å²) < 4.78 is 21.9. The number of ether oxygens (including phenoxy) is 4. The van der Waals surface area contributed by atoms with E-state index < -0.39 is 11.9 Å². The minimum Gasteiger partial charge on any atom is -0.493 e. The van der Waals surface area contributed by atoms with Crippen LogP contribution in [0.25, 0.3) is 0 Å². The van der Waals surface area contributed by atoms with Crippen LogP contribution < -0.4 is 24.3 Å². The minimum absolute atomic E-state index is 0.00422. The van der Waals surface area contributed by atoms with Crippen molar-refractivity contribution in [2.75, 3.05) is 32.1 Å². The van der Waals surface area contributed by atoms with Gasteiger partial charge in [0, 0.05) is 42.1 Å². The molecule has 0 radical (unpaired) electrons. The van der Waals surface area contributed by atoms with E-state index in [-0.39, 0.29) is 25.0 Å². The molecule has 222 valence electrons. The standard InChI is InChI=1S/C31H31N5O6S/c1-19-12-20(2)34-31(33-19)43-17-28(37)36(16-21-6-5-11-32-15-21)29(22-7-9-24(39-3)26(13-22)40-4)30(38)35-23-8-10-25-27(14-23)42-18-41-25/h5-15,29H,16-18H2,1-4H3,(H,35,38)/t29-/m1/s1. The van der Waals surface area contributed by atoms with Gasteiger partial charge in [0.05, 0.1) is 20.0 Å². The molecule has 5 rings (SSSR count). The molecular weight excluding hydrogens is 570 g/mol. The van der Waals surface area contributed by atoms with Crippen molar-refractivity contribution in [2.24, 2.45) is 0 Å². The van der Waals surface area contributed by atoms with Crippen LogP contribution in [0.1, 0.15) is 28.6 Å². The fraction of sp³-hybridized carbons (Fsp3) is 0.258. The zero-order valence-electron chi connectivity index (χ0n) is 24.2. The number of hydrogen-bond acceptors (Lipinski definition) is 10. The first kappa shape index (κ1) is 29.6. The maximum Gasteiger partial charge on any atom is 0.251 e. The fourth-order valence-corrected chi connectivity index (χ4v) is 5.50. The van der Waals surface area contributed by atoms with Gasteiger partial charge < -0.3 is 29.2 Å². The lowest BCUT2D eigenvalue weighted by molar-refractivity contribution is -0.137. The Morgan fingerprint density at radius 3 is 2.47 bits per heavy atom. The van der Waals surface area contributed by atoms with Crippen molar-refractivity contribution in [3.8, 4) is 23.0 Å². The highest BCUT2D eigenvalue weighted by Crippen LogP contribution is 2.36. The Bertz CT molecular complexity index is 1600. The lowest BCUT2D eigenvalue weighted by atomic mass is 10.0. The first-order valence-corrected chi connectivity index (χ1v) is 14.4. The number of anilines is 1. The van der Waals surface area contributed by atoms with Gasteiger partial charge in [-0.05, 0) is 61.4 Å². The Labute approximate surface area is 253 Å². The third-order valence-electron chi connectivity index (χ3n) is 6.61. The predicted octanol–water partition coefficient (Wildman–Crippen LogP) is 4.74. The number of carbonyl (C=O) groups excluding carboxylic acids is 2. The van der Waals surface area contributed by atoms with E-state index in [1.54, 1.807) is 54.9 Å². The summed E-state index contributed by atoms with van der Waals surface area (Å²) in [5.74, 6) is 1.31. The molecular formula is C31H31N5O6S. The van der Waals surface area contributed by atoms with Crippen LogP contribution in [0.3, 0.4) is 0 Å². The average Bonchev–Trinajstić information content (AvgIpc) is 3.47. The van der Waals surface area contributed by atoms with Crippen LogP contribution in [0.2, 0.25) is 0 Å². The maximum atomic E-state index is 14.2. The van der Waals surface area contributed by atoms with Crippen LogP contribution in [0.15, 0.2) is 72.1 Å². The summed E-state index contributed by atoms with van der Waals surface area (Å²) in [5.41, 5.74) is 3.39. The summed E-state index contributed by atoms with van der Waals surface area (Å²) in [4.78, 5) is 42.9. The third kappa shape index (κ3) is 7.15. The van der Waals surface area contributed by atoms with Gasteiger partial charge in [-0.1, -0.05) is 23.9 Å². The van der Waals surface area contributed by atoms with Gasteiger partial charge >= 0.3 is 0 Å². The molecule has 2 aromatic carbocycles. The fourth-order valence-electron chi connectivity index (χ4n) is 4.66. The zero-order valence-corrected chi connectivity index (χ0v) is 25.0. The number of amides is 2. The zero-order chi connectivity index (χ0) is 30.3. The SMILES string of the molecule is COc1ccc([C@H](C(=O)Nc2ccc3c(c2)OCO3)N(Cc2cccnc2)C(=O)CSc2nc(C)cc(C)n2)cc1OC. The molecule has 4 aromatic rings. The van der Waals surface area contributed by atoms with Gasteiger partial charge in [-0.25, -0.2) is 9.97 Å². The second kappa shape index (κ2) is 13.4. The molecule has 43 heavy (non-hydrogen) atoms. The summed E-state index contributed by atoms with van der Waals surface area (Å²) in [7, 11) is 3.05. The van der Waals surface area contributed by atoms with E-state index in [0.717, 1.165) is 17.0 Å². The van der Waals surface area contributed by atoms with Crippen molar-refractivity contribution in [3.05, 3.63) is 89.5 Å². The topological polar surface area (TPSA) is 125 Å². The van der Waals surface area contributed by atoms with Gasteiger partial charge in [0.15, 0.2) is 28.2 Å². The molecule has 0 saturated heterocycles. The maximum absolute atomic E-state index is 14.2. The van der Waals surface area contributed by atoms with E-state index in [4.69, 9.17) is 18.9 Å². The largest absolute Gasteiger partial charge is 0.493 e. The molecule has 11 nitrogen and oxygen atoms in total. The second-order valence-corrected chi connectivity index (χ2v) is 10.6. The van der Waals surface area contributed by atoms with E-state index in [1.165, 1.54) is 30.9 Å². The summed E-state index contributed by atoms with van der Waals surface area (Å²) in [6, 6.07) is 14.7. The Kier molecular flexibility index (Phi) is 9.26. The number of benzene rings is 2. The number of pyridine rings is 1. The summed E-state index contributed by atoms with van der Waals surface area (Å²) >= 11 is 1.22. The van der Waals surface area contributed by atoms with Crippen molar-refractivity contribution < 1.29 is 28.5 Å². The highest BCUT2D eigenvalue weighted by molar-refractivity contribution is 7.99. The van der Waals surface area contributed by atoms with Gasteiger partial charge in [-0.3, -0.25) is 14.6 Å². The van der Waals surface area contributed by atoms with Crippen LogP contribution in [0, 0.1) is 13.8 Å². The lowest BCUT2D eigenvalue weighted by Gasteiger charge is -2.32. The number of thioether (sulfide) groups is 1. The number of nitrogens with zero attached hydrogens (tertiary/aromatic N) is 4. The molecule has 1 aliphatic rings. The van der Waals surface area contributed by atoms with Crippen LogP contribution in [0.4, 0.5) is 5.69 Å². The van der Waals surface area contributed by atoms with Crippen molar-refractivity contribution in [1.82, 2.24) is 19.9 Å². The van der Waals surface area contributed by atoms with Gasteiger partial charge in [0.2, 0.25) is 12.7 Å². The molecule has 0 spiro atoms. The molecule has 2 amide bonds. The molecule has 2 aromatic heterocycles. The summed E-state index contributed by atoms with van der Waals surface area (Å²) in [6.07, 6.45) is 3.32. The van der Waals surface area contributed by atoms with Crippen LogP contribution in [-0.2, 0) is 16.1 Å². The van der Waals surface area contributed by atoms with Crippen molar-refractivity contribution in [3.63, 3.8) is 0 Å². The molecule has 0 fully saturated rings. The van der Waals surface area contributed by atoms with E-state index in [9.17, 15) is 9.59 Å². The number of nitrogens with one attached hydrogen (secondary N) is 1. The number of carbonyl (C=O) groups is 2. The number of fused-ring (bicyclic) bond motifs is 1. The Morgan fingerprint density at radius 2 is 1.74 bits per heavy atom. The lowest BCUT2D eigenvalue weighted by Crippen LogP contribution is -2.42. The van der Waals surface area contributed by atoms with Crippen LogP contribution in [-0.4, -0.2) is 58.4 Å². The van der Waals surface area contributed by atoms with Gasteiger partial charge in [-0.2, -0.15) is 0 Å². The van der Waals surface area contributed by atoms with Gasteiger partial charge in [-0.15, -0.1) is 0 Å². The molecule has 0 saturated carbocycles. The molecule has 1 atom stereocenters. The van der Waals surface area contributed by atoms with E-state index in [0.29, 0.717) is 39.4 Å². The Morgan fingerprint density at radius 1 is 0.977 bits per heavy atom. The number of hydrogen-bond donors (Lipinski definition) is 1. The summed E-state index contributed by atoms with van der Waals surface area (Å²) in [5, 5.41) is 3.44. The smallest absolute Gasteiger partial charge is 0.251 e. The minimum atomic E-state index is -1.06. The molecule has 0 aliphatic carbocycles. The van der Waals surface area contributed by atoms with E-state index in [2.05, 4.69) is 20.3 Å². The second-order valence-electron chi connectivity index (χ2n) is 9.68. The first-order chi connectivity index (χ1) is 20.8. The quantitative estimate of drug-likeness (QED) is 0.190. The van der Waals surface area contributed by atoms with E-state index >= 15 is 0 Å². The first-order valence-electron chi connectivity index (χ1n) is 13.4. The highest BCUT2D eigenvalue weighted by atomic mass is 32.2. The molecule has 1 N–H and O–H groups in total. The average molecular weight is 602 g/mol. The number of methoxy groups -OCH3 is 2. The van der Waals surface area contributed by atoms with Gasteiger partial charge in [0.1, 0.15) is 6.04 Å². The predicted molar refractivity (Wildman–Crippen MR) is 160 cm³/mol. The summed E-state index contributed by atoms with van der Waals surface area (Å²) in [6.45, 7) is 3.98. The van der Waals surface area contributed by atoms with Crippen molar-refractivity contribution in [1.29, 1.82) is 0 Å². The molecule has 3 heterocycles. The highest BCUT2D eigenvalue weighted by Gasteiger charge is 2.33. The van der Waals surface area contributed by atoms with Crippen molar-refractivity contribution in [2.45, 2.75) is 31.6 Å². The third-order valence-corrected chi connectivity index (χ3v) is 7.44. The van der Waals surface area contributed by atoms with E-state index in [1.807, 2.05) is 26.0 Å². The molecule has 12 heteroatoms. The monoisotopic (exact) mass is 601 g/mol. The Hall–Kier alpha value is -4.84.